The number of rotatable bonds is 2. The fourth-order valence-corrected chi connectivity index (χ4v) is 5.46. The molecule has 31 heavy (non-hydrogen) atoms. The molecule has 0 saturated carbocycles. The van der Waals surface area contributed by atoms with Crippen LogP contribution in [-0.4, -0.2) is 18.6 Å². The smallest absolute Gasteiger partial charge is 0.136 e. The summed E-state index contributed by atoms with van der Waals surface area (Å²) in [5.41, 5.74) is 3.54. The van der Waals surface area contributed by atoms with E-state index >= 15 is 0 Å². The quantitative estimate of drug-likeness (QED) is 0.307. The zero-order valence-electron chi connectivity index (χ0n) is 17.3. The van der Waals surface area contributed by atoms with Gasteiger partial charge in [0.05, 0.1) is 41.5 Å². The summed E-state index contributed by atoms with van der Waals surface area (Å²) in [6, 6.07) is 28.0. The Bertz CT molecular complexity index is 1680. The highest BCUT2D eigenvalue weighted by Crippen LogP contribution is 2.48. The highest BCUT2D eigenvalue weighted by molar-refractivity contribution is 6.29. The van der Waals surface area contributed by atoms with E-state index in [0.29, 0.717) is 0 Å². The van der Waals surface area contributed by atoms with Gasteiger partial charge in [-0.1, -0.05) is 66.7 Å². The highest BCUT2D eigenvalue weighted by atomic mass is 16.5. The SMILES string of the molecule is COc1c2ccccc2cc2c1c1cccc3c4c(OC)c5ccccc5cc4n2c13. The van der Waals surface area contributed by atoms with E-state index < -0.39 is 0 Å². The molecule has 0 aliphatic carbocycles. The molecule has 0 amide bonds. The maximum atomic E-state index is 5.99. The summed E-state index contributed by atoms with van der Waals surface area (Å²) < 4.78 is 14.4. The number of fused-ring (bicyclic) bond motifs is 8. The van der Waals surface area contributed by atoms with Crippen LogP contribution in [-0.2, 0) is 0 Å². The lowest BCUT2D eigenvalue weighted by molar-refractivity contribution is 0.425. The largest absolute Gasteiger partial charge is 0.495 e. The number of methoxy groups -OCH3 is 2. The van der Waals surface area contributed by atoms with Crippen molar-refractivity contribution in [1.29, 1.82) is 0 Å². The lowest BCUT2D eigenvalue weighted by atomic mass is 10.0. The minimum atomic E-state index is 0.935. The number of benzene rings is 5. The van der Waals surface area contributed by atoms with E-state index in [0.717, 1.165) is 44.1 Å². The van der Waals surface area contributed by atoms with Crippen LogP contribution in [0.25, 0.3) is 59.6 Å². The van der Waals surface area contributed by atoms with Gasteiger partial charge in [0.25, 0.3) is 0 Å². The van der Waals surface area contributed by atoms with Crippen LogP contribution in [0.3, 0.4) is 0 Å². The number of ether oxygens (including phenoxy) is 2. The zero-order chi connectivity index (χ0) is 20.7. The van der Waals surface area contributed by atoms with Gasteiger partial charge in [0, 0.05) is 21.5 Å². The van der Waals surface area contributed by atoms with Gasteiger partial charge in [0.15, 0.2) is 0 Å². The Morgan fingerprint density at radius 1 is 0.548 bits per heavy atom. The van der Waals surface area contributed by atoms with Crippen molar-refractivity contribution in [2.75, 3.05) is 14.2 Å². The van der Waals surface area contributed by atoms with Crippen LogP contribution in [0.15, 0.2) is 78.9 Å². The summed E-state index contributed by atoms with van der Waals surface area (Å²) >= 11 is 0. The molecular weight excluding hydrogens is 382 g/mol. The van der Waals surface area contributed by atoms with Gasteiger partial charge in [-0.25, -0.2) is 0 Å². The van der Waals surface area contributed by atoms with Gasteiger partial charge >= 0.3 is 0 Å². The zero-order valence-corrected chi connectivity index (χ0v) is 17.3. The van der Waals surface area contributed by atoms with Gasteiger partial charge in [-0.15, -0.1) is 0 Å². The molecule has 3 heteroatoms. The van der Waals surface area contributed by atoms with E-state index in [1.54, 1.807) is 14.2 Å². The summed E-state index contributed by atoms with van der Waals surface area (Å²) in [5.74, 6) is 1.87. The molecule has 0 N–H and O–H groups in total. The Morgan fingerprint density at radius 3 is 1.48 bits per heavy atom. The predicted octanol–water partition coefficient (Wildman–Crippen LogP) is 7.16. The number of hydrogen-bond donors (Lipinski definition) is 0. The van der Waals surface area contributed by atoms with Crippen LogP contribution in [0.2, 0.25) is 0 Å². The molecule has 7 rings (SSSR count). The van der Waals surface area contributed by atoms with Crippen molar-refractivity contribution >= 4 is 59.6 Å². The van der Waals surface area contributed by atoms with Crippen molar-refractivity contribution in [1.82, 2.24) is 4.40 Å². The fourth-order valence-electron chi connectivity index (χ4n) is 5.46. The number of hydrogen-bond acceptors (Lipinski definition) is 2. The van der Waals surface area contributed by atoms with Crippen LogP contribution < -0.4 is 9.47 Å². The third-order valence-electron chi connectivity index (χ3n) is 6.65. The van der Waals surface area contributed by atoms with Crippen molar-refractivity contribution < 1.29 is 9.47 Å². The summed E-state index contributed by atoms with van der Waals surface area (Å²) in [7, 11) is 3.54. The third-order valence-corrected chi connectivity index (χ3v) is 6.65. The molecule has 0 spiro atoms. The molecule has 2 aromatic heterocycles. The monoisotopic (exact) mass is 401 g/mol. The van der Waals surface area contributed by atoms with Crippen LogP contribution in [0.4, 0.5) is 0 Å². The molecule has 3 nitrogen and oxygen atoms in total. The second-order valence-electron chi connectivity index (χ2n) is 8.09. The molecular formula is C28H19NO2. The summed E-state index contributed by atoms with van der Waals surface area (Å²) in [5, 5.41) is 9.36. The minimum absolute atomic E-state index is 0.935. The van der Waals surface area contributed by atoms with Gasteiger partial charge < -0.3 is 13.9 Å². The van der Waals surface area contributed by atoms with Crippen LogP contribution in [0.1, 0.15) is 0 Å². The van der Waals surface area contributed by atoms with Crippen molar-refractivity contribution in [3.8, 4) is 11.5 Å². The minimum Gasteiger partial charge on any atom is -0.495 e. The number of nitrogens with zero attached hydrogens (tertiary/aromatic N) is 1. The Labute approximate surface area is 178 Å². The second-order valence-corrected chi connectivity index (χ2v) is 8.09. The Balaban J connectivity index is 1.85. The number of aromatic nitrogens is 1. The first kappa shape index (κ1) is 16.8. The summed E-state index contributed by atoms with van der Waals surface area (Å²) in [6.07, 6.45) is 0. The third kappa shape index (κ3) is 1.94. The summed E-state index contributed by atoms with van der Waals surface area (Å²) in [4.78, 5) is 0. The first-order chi connectivity index (χ1) is 15.3. The molecule has 2 heterocycles. The molecule has 7 aromatic rings. The first-order valence-electron chi connectivity index (χ1n) is 10.4. The fraction of sp³-hybridized carbons (Fsp3) is 0.0714. The standard InChI is InChI=1S/C28H19NO2/c1-30-27-18-10-5-3-8-16(18)14-22-24(27)20-12-7-13-21-25-23(29(22)26(20)21)15-17-9-4-6-11-19(17)28(25)31-2/h3-15H,1-2H3. The Morgan fingerprint density at radius 2 is 1.00 bits per heavy atom. The highest BCUT2D eigenvalue weighted by Gasteiger charge is 2.23. The van der Waals surface area contributed by atoms with E-state index in [9.17, 15) is 0 Å². The van der Waals surface area contributed by atoms with Crippen molar-refractivity contribution in [2.45, 2.75) is 0 Å². The van der Waals surface area contributed by atoms with Crippen molar-refractivity contribution in [3.05, 3.63) is 78.9 Å². The first-order valence-corrected chi connectivity index (χ1v) is 10.4. The molecule has 0 radical (unpaired) electrons. The summed E-state index contributed by atoms with van der Waals surface area (Å²) in [6.45, 7) is 0. The molecule has 0 atom stereocenters. The maximum Gasteiger partial charge on any atom is 0.136 e. The molecule has 0 aliphatic rings. The van der Waals surface area contributed by atoms with Gasteiger partial charge in [0.2, 0.25) is 0 Å². The average Bonchev–Trinajstić information content (AvgIpc) is 3.32. The van der Waals surface area contributed by atoms with E-state index in [1.807, 2.05) is 0 Å². The van der Waals surface area contributed by atoms with Crippen LogP contribution >= 0.6 is 0 Å². The van der Waals surface area contributed by atoms with Gasteiger partial charge in [0.1, 0.15) is 11.5 Å². The molecule has 0 aliphatic heterocycles. The molecule has 0 bridgehead atoms. The Hall–Kier alpha value is -3.98. The van der Waals surface area contributed by atoms with E-state index in [-0.39, 0.29) is 0 Å². The predicted molar refractivity (Wildman–Crippen MR) is 129 cm³/mol. The van der Waals surface area contributed by atoms with Gasteiger partial charge in [-0.2, -0.15) is 0 Å². The topological polar surface area (TPSA) is 22.9 Å². The van der Waals surface area contributed by atoms with Crippen LogP contribution in [0, 0.1) is 0 Å². The van der Waals surface area contributed by atoms with E-state index in [2.05, 4.69) is 83.3 Å². The molecule has 148 valence electrons. The molecule has 5 aromatic carbocycles. The lowest BCUT2D eigenvalue weighted by Gasteiger charge is -2.11. The van der Waals surface area contributed by atoms with Crippen LogP contribution in [0.5, 0.6) is 11.5 Å². The number of para-hydroxylation sites is 1. The normalized spacial score (nSPS) is 12.2. The Kier molecular flexibility index (Phi) is 3.14. The molecule has 0 saturated heterocycles. The van der Waals surface area contributed by atoms with Gasteiger partial charge in [-0.05, 0) is 22.9 Å². The van der Waals surface area contributed by atoms with E-state index in [1.165, 1.54) is 27.1 Å². The molecule has 0 fully saturated rings. The van der Waals surface area contributed by atoms with E-state index in [4.69, 9.17) is 9.47 Å². The van der Waals surface area contributed by atoms with Crippen molar-refractivity contribution in [2.24, 2.45) is 0 Å². The second kappa shape index (κ2) is 5.79. The average molecular weight is 401 g/mol. The maximum absolute atomic E-state index is 5.99. The lowest BCUT2D eigenvalue weighted by Crippen LogP contribution is -1.90. The molecule has 0 unspecified atom stereocenters. The van der Waals surface area contributed by atoms with Gasteiger partial charge in [-0.3, -0.25) is 0 Å². The van der Waals surface area contributed by atoms with Crippen molar-refractivity contribution in [3.63, 3.8) is 0 Å².